The second-order valence-corrected chi connectivity index (χ2v) is 5.30. The number of unbranched alkanes of at least 4 members (excludes halogenated alkanes) is 1. The van der Waals surface area contributed by atoms with Gasteiger partial charge in [0.1, 0.15) is 0 Å². The fraction of sp³-hybridized carbons (Fsp3) is 0.529. The first-order valence-corrected chi connectivity index (χ1v) is 7.32. The summed E-state index contributed by atoms with van der Waals surface area (Å²) in [5.41, 5.74) is 1.27. The summed E-state index contributed by atoms with van der Waals surface area (Å²) in [6, 6.07) is 11.1. The van der Waals surface area contributed by atoms with Crippen LogP contribution in [0.2, 0.25) is 0 Å². The highest BCUT2D eigenvalue weighted by atomic mass is 15.1. The van der Waals surface area contributed by atoms with Crippen LogP contribution in [-0.2, 0) is 0 Å². The molecule has 0 saturated heterocycles. The summed E-state index contributed by atoms with van der Waals surface area (Å²) in [7, 11) is 2.20. The highest BCUT2D eigenvalue weighted by Crippen LogP contribution is 2.00. The summed E-state index contributed by atoms with van der Waals surface area (Å²) >= 11 is 0. The van der Waals surface area contributed by atoms with E-state index in [1.165, 1.54) is 24.9 Å². The molecule has 2 heteroatoms. The Balaban J connectivity index is 1.98. The topological polar surface area (TPSA) is 15.3 Å². The average Bonchev–Trinajstić information content (AvgIpc) is 2.42. The SMILES string of the molecule is CC(C)N(C)CCCCNCC=Cc1ccccc1. The fourth-order valence-corrected chi connectivity index (χ4v) is 1.81. The van der Waals surface area contributed by atoms with E-state index in [0.29, 0.717) is 6.04 Å². The van der Waals surface area contributed by atoms with Gasteiger partial charge < -0.3 is 10.2 Å². The van der Waals surface area contributed by atoms with Gasteiger partial charge in [0.05, 0.1) is 0 Å². The third-order valence-corrected chi connectivity index (χ3v) is 3.37. The summed E-state index contributed by atoms with van der Waals surface area (Å²) in [5.74, 6) is 0. The van der Waals surface area contributed by atoms with Crippen LogP contribution < -0.4 is 5.32 Å². The van der Waals surface area contributed by atoms with Crippen LogP contribution in [0.5, 0.6) is 0 Å². The van der Waals surface area contributed by atoms with Crippen LogP contribution in [-0.4, -0.2) is 37.6 Å². The molecule has 1 rings (SSSR count). The lowest BCUT2D eigenvalue weighted by Gasteiger charge is -2.20. The van der Waals surface area contributed by atoms with Crippen LogP contribution in [0.25, 0.3) is 6.08 Å². The van der Waals surface area contributed by atoms with E-state index in [1.807, 2.05) is 6.07 Å². The van der Waals surface area contributed by atoms with Crippen molar-refractivity contribution in [3.63, 3.8) is 0 Å². The van der Waals surface area contributed by atoms with Gasteiger partial charge in [-0.15, -0.1) is 0 Å². The van der Waals surface area contributed by atoms with Crippen molar-refractivity contribution in [2.75, 3.05) is 26.7 Å². The molecule has 0 aliphatic rings. The molecule has 0 aliphatic carbocycles. The zero-order valence-electron chi connectivity index (χ0n) is 12.6. The summed E-state index contributed by atoms with van der Waals surface area (Å²) in [4.78, 5) is 2.40. The van der Waals surface area contributed by atoms with E-state index >= 15 is 0 Å². The van der Waals surface area contributed by atoms with Gasteiger partial charge in [-0.1, -0.05) is 42.5 Å². The minimum absolute atomic E-state index is 0.654. The number of benzene rings is 1. The van der Waals surface area contributed by atoms with Crippen LogP contribution >= 0.6 is 0 Å². The molecule has 0 aliphatic heterocycles. The second-order valence-electron chi connectivity index (χ2n) is 5.30. The van der Waals surface area contributed by atoms with Crippen LogP contribution in [0.4, 0.5) is 0 Å². The Morgan fingerprint density at radius 2 is 1.89 bits per heavy atom. The molecule has 0 aromatic heterocycles. The molecule has 0 atom stereocenters. The van der Waals surface area contributed by atoms with Crippen molar-refractivity contribution in [3.05, 3.63) is 42.0 Å². The number of hydrogen-bond donors (Lipinski definition) is 1. The van der Waals surface area contributed by atoms with Crippen LogP contribution in [0, 0.1) is 0 Å². The standard InChI is InChI=1S/C17H28N2/c1-16(2)19(3)15-8-7-13-18-14-9-12-17-10-5-4-6-11-17/h4-6,9-12,16,18H,7-8,13-15H2,1-3H3. The molecule has 1 N–H and O–H groups in total. The molecular weight excluding hydrogens is 232 g/mol. The van der Waals surface area contributed by atoms with Gasteiger partial charge in [0.2, 0.25) is 0 Å². The predicted octanol–water partition coefficient (Wildman–Crippen LogP) is 3.41. The highest BCUT2D eigenvalue weighted by Gasteiger charge is 2.01. The molecular formula is C17H28N2. The van der Waals surface area contributed by atoms with E-state index in [4.69, 9.17) is 0 Å². The third-order valence-electron chi connectivity index (χ3n) is 3.37. The van der Waals surface area contributed by atoms with E-state index in [-0.39, 0.29) is 0 Å². The molecule has 2 nitrogen and oxygen atoms in total. The Morgan fingerprint density at radius 1 is 1.16 bits per heavy atom. The van der Waals surface area contributed by atoms with Crippen molar-refractivity contribution < 1.29 is 0 Å². The molecule has 0 spiro atoms. The van der Waals surface area contributed by atoms with Crippen molar-refractivity contribution in [1.82, 2.24) is 10.2 Å². The van der Waals surface area contributed by atoms with Gasteiger partial charge in [-0.25, -0.2) is 0 Å². The Hall–Kier alpha value is -1.12. The lowest BCUT2D eigenvalue weighted by Crippen LogP contribution is -2.27. The maximum Gasteiger partial charge on any atom is 0.0138 e. The van der Waals surface area contributed by atoms with Gasteiger partial charge in [0.25, 0.3) is 0 Å². The largest absolute Gasteiger partial charge is 0.313 e. The zero-order chi connectivity index (χ0) is 13.9. The van der Waals surface area contributed by atoms with Crippen molar-refractivity contribution in [3.8, 4) is 0 Å². The number of nitrogens with one attached hydrogen (secondary N) is 1. The molecule has 1 aromatic rings. The summed E-state index contributed by atoms with van der Waals surface area (Å²) in [5, 5.41) is 3.45. The Morgan fingerprint density at radius 3 is 2.58 bits per heavy atom. The maximum absolute atomic E-state index is 3.45. The first kappa shape index (κ1) is 15.9. The van der Waals surface area contributed by atoms with Crippen molar-refractivity contribution >= 4 is 6.08 Å². The fourth-order valence-electron chi connectivity index (χ4n) is 1.81. The van der Waals surface area contributed by atoms with Crippen molar-refractivity contribution in [2.24, 2.45) is 0 Å². The molecule has 106 valence electrons. The monoisotopic (exact) mass is 260 g/mol. The number of hydrogen-bond acceptors (Lipinski definition) is 2. The third kappa shape index (κ3) is 7.81. The van der Waals surface area contributed by atoms with Gasteiger partial charge in [0, 0.05) is 12.6 Å². The Bertz CT molecular complexity index is 344. The van der Waals surface area contributed by atoms with Crippen molar-refractivity contribution in [1.29, 1.82) is 0 Å². The molecule has 0 fully saturated rings. The van der Waals surface area contributed by atoms with E-state index in [2.05, 4.69) is 67.5 Å². The summed E-state index contributed by atoms with van der Waals surface area (Å²) < 4.78 is 0. The lowest BCUT2D eigenvalue weighted by atomic mass is 10.2. The Labute approximate surface area is 118 Å². The quantitative estimate of drug-likeness (QED) is 0.685. The smallest absolute Gasteiger partial charge is 0.0138 e. The van der Waals surface area contributed by atoms with Gasteiger partial charge in [0.15, 0.2) is 0 Å². The molecule has 0 radical (unpaired) electrons. The predicted molar refractivity (Wildman–Crippen MR) is 85.3 cm³/mol. The van der Waals surface area contributed by atoms with Crippen LogP contribution in [0.1, 0.15) is 32.3 Å². The number of rotatable bonds is 9. The molecule has 0 saturated carbocycles. The highest BCUT2D eigenvalue weighted by molar-refractivity contribution is 5.48. The summed E-state index contributed by atoms with van der Waals surface area (Å²) in [6.45, 7) is 7.73. The molecule has 0 amide bonds. The van der Waals surface area contributed by atoms with Gasteiger partial charge >= 0.3 is 0 Å². The zero-order valence-corrected chi connectivity index (χ0v) is 12.6. The van der Waals surface area contributed by atoms with Crippen molar-refractivity contribution in [2.45, 2.75) is 32.7 Å². The first-order valence-electron chi connectivity index (χ1n) is 7.32. The second kappa shape index (κ2) is 9.76. The van der Waals surface area contributed by atoms with Gasteiger partial charge in [-0.2, -0.15) is 0 Å². The van der Waals surface area contributed by atoms with Crippen LogP contribution in [0.15, 0.2) is 36.4 Å². The minimum Gasteiger partial charge on any atom is -0.313 e. The average molecular weight is 260 g/mol. The van der Waals surface area contributed by atoms with Gasteiger partial charge in [-0.05, 0) is 52.4 Å². The molecule has 1 aromatic carbocycles. The molecule has 19 heavy (non-hydrogen) atoms. The minimum atomic E-state index is 0.654. The van der Waals surface area contributed by atoms with E-state index in [1.54, 1.807) is 0 Å². The maximum atomic E-state index is 3.45. The molecule has 0 heterocycles. The first-order chi connectivity index (χ1) is 9.20. The van der Waals surface area contributed by atoms with Gasteiger partial charge in [-0.3, -0.25) is 0 Å². The Kier molecular flexibility index (Phi) is 8.19. The summed E-state index contributed by atoms with van der Waals surface area (Å²) in [6.07, 6.45) is 6.87. The lowest BCUT2D eigenvalue weighted by molar-refractivity contribution is 0.268. The van der Waals surface area contributed by atoms with E-state index in [9.17, 15) is 0 Å². The van der Waals surface area contributed by atoms with E-state index < -0.39 is 0 Å². The van der Waals surface area contributed by atoms with Crippen LogP contribution in [0.3, 0.4) is 0 Å². The molecule has 0 bridgehead atoms. The van der Waals surface area contributed by atoms with E-state index in [0.717, 1.165) is 13.1 Å². The molecule has 0 unspecified atom stereocenters. The normalized spacial score (nSPS) is 11.8. The number of nitrogens with zero attached hydrogens (tertiary/aromatic N) is 1.